The fourth-order valence-corrected chi connectivity index (χ4v) is 4.99. The molecule has 0 radical (unpaired) electrons. The van der Waals surface area contributed by atoms with Gasteiger partial charge in [-0.1, -0.05) is 66.2 Å². The number of nitrogens with zero attached hydrogens (tertiary/aromatic N) is 3. The Balaban J connectivity index is 1.76. The van der Waals surface area contributed by atoms with Gasteiger partial charge in [0, 0.05) is 32.6 Å². The summed E-state index contributed by atoms with van der Waals surface area (Å²) in [5.41, 5.74) is 2.67. The van der Waals surface area contributed by atoms with Gasteiger partial charge in [0.2, 0.25) is 11.1 Å². The van der Waals surface area contributed by atoms with E-state index >= 15 is 0 Å². The number of esters is 1. The maximum atomic E-state index is 13.3. The number of hydrogen-bond donors (Lipinski definition) is 1. The molecule has 1 atom stereocenters. The van der Waals surface area contributed by atoms with Crippen LogP contribution in [-0.2, 0) is 16.1 Å². The van der Waals surface area contributed by atoms with Gasteiger partial charge in [0.1, 0.15) is 18.4 Å². The number of para-hydroxylation sites is 1. The Labute approximate surface area is 225 Å². The number of nitrogens with one attached hydrogen (secondary N) is 1. The molecule has 0 aliphatic carbocycles. The summed E-state index contributed by atoms with van der Waals surface area (Å²) in [6.45, 7) is 7.83. The van der Waals surface area contributed by atoms with E-state index < -0.39 is 12.0 Å². The summed E-state index contributed by atoms with van der Waals surface area (Å²) in [5, 5.41) is 9.71. The standard InChI is InChI=1S/C26H28Cl2N4O3S/c1-5-12-36-26-30-25-29-16(4)22(24(33)35-15(2)3)23(32(25)31-26)19-8-6-7-9-21(19)34-14-17-10-11-18(27)13-20(17)28/h6-11,13,15,23H,5,12,14H2,1-4H3,(H,29,30,31). The van der Waals surface area contributed by atoms with Gasteiger partial charge in [0.25, 0.3) is 0 Å². The molecule has 36 heavy (non-hydrogen) atoms. The lowest BCUT2D eigenvalue weighted by Gasteiger charge is -2.29. The average Bonchev–Trinajstić information content (AvgIpc) is 3.23. The highest BCUT2D eigenvalue weighted by atomic mass is 35.5. The predicted octanol–water partition coefficient (Wildman–Crippen LogP) is 6.91. The molecule has 190 valence electrons. The minimum Gasteiger partial charge on any atom is -0.488 e. The molecule has 1 unspecified atom stereocenters. The second-order valence-corrected chi connectivity index (χ2v) is 10.5. The van der Waals surface area contributed by atoms with Crippen LogP contribution in [0.15, 0.2) is 58.9 Å². The zero-order valence-corrected chi connectivity index (χ0v) is 22.9. The van der Waals surface area contributed by atoms with Crippen LogP contribution in [0.4, 0.5) is 5.95 Å². The van der Waals surface area contributed by atoms with Crippen molar-refractivity contribution >= 4 is 46.9 Å². The number of carbonyl (C=O) groups is 1. The number of aromatic nitrogens is 3. The Morgan fingerprint density at radius 1 is 1.22 bits per heavy atom. The Morgan fingerprint density at radius 3 is 2.72 bits per heavy atom. The van der Waals surface area contributed by atoms with Crippen LogP contribution in [0.1, 0.15) is 51.3 Å². The van der Waals surface area contributed by atoms with Crippen LogP contribution >= 0.6 is 35.0 Å². The number of benzene rings is 2. The zero-order valence-electron chi connectivity index (χ0n) is 20.5. The van der Waals surface area contributed by atoms with Gasteiger partial charge >= 0.3 is 5.97 Å². The van der Waals surface area contributed by atoms with Crippen LogP contribution < -0.4 is 10.1 Å². The van der Waals surface area contributed by atoms with Crippen molar-refractivity contribution < 1.29 is 14.3 Å². The molecule has 1 N–H and O–H groups in total. The van der Waals surface area contributed by atoms with E-state index in [1.165, 1.54) is 0 Å². The van der Waals surface area contributed by atoms with Crippen molar-refractivity contribution in [3.05, 3.63) is 74.9 Å². The third kappa shape index (κ3) is 5.82. The van der Waals surface area contributed by atoms with Crippen molar-refractivity contribution in [1.29, 1.82) is 0 Å². The molecule has 0 fully saturated rings. The Morgan fingerprint density at radius 2 is 2.00 bits per heavy atom. The van der Waals surface area contributed by atoms with Crippen molar-refractivity contribution in [3.63, 3.8) is 0 Å². The van der Waals surface area contributed by atoms with Crippen molar-refractivity contribution in [1.82, 2.24) is 14.8 Å². The SMILES string of the molecule is CCCSc1nc2n(n1)C(c1ccccc1OCc1ccc(Cl)cc1Cl)C(C(=O)OC(C)C)=C(C)N2. The van der Waals surface area contributed by atoms with Crippen LogP contribution in [-0.4, -0.2) is 32.6 Å². The van der Waals surface area contributed by atoms with Gasteiger partial charge in [0.05, 0.1) is 11.7 Å². The van der Waals surface area contributed by atoms with E-state index in [0.29, 0.717) is 38.2 Å². The van der Waals surface area contributed by atoms with E-state index in [-0.39, 0.29) is 12.7 Å². The number of anilines is 1. The molecule has 0 saturated heterocycles. The van der Waals surface area contributed by atoms with E-state index in [0.717, 1.165) is 23.3 Å². The van der Waals surface area contributed by atoms with Crippen LogP contribution in [0.2, 0.25) is 10.0 Å². The maximum Gasteiger partial charge on any atom is 0.338 e. The normalized spacial score (nSPS) is 15.0. The van der Waals surface area contributed by atoms with Gasteiger partial charge < -0.3 is 14.8 Å². The summed E-state index contributed by atoms with van der Waals surface area (Å²) in [4.78, 5) is 18.0. The van der Waals surface area contributed by atoms with E-state index in [9.17, 15) is 4.79 Å². The molecular weight excluding hydrogens is 519 g/mol. The summed E-state index contributed by atoms with van der Waals surface area (Å²) in [7, 11) is 0. The monoisotopic (exact) mass is 546 g/mol. The summed E-state index contributed by atoms with van der Waals surface area (Å²) in [6, 6.07) is 12.3. The average molecular weight is 548 g/mol. The molecule has 2 aromatic carbocycles. The number of halogens is 2. The number of fused-ring (bicyclic) bond motifs is 1. The zero-order chi connectivity index (χ0) is 25.8. The third-order valence-corrected chi connectivity index (χ3v) is 7.07. The highest BCUT2D eigenvalue weighted by Crippen LogP contribution is 2.40. The van der Waals surface area contributed by atoms with E-state index in [1.54, 1.807) is 28.6 Å². The molecule has 0 amide bonds. The highest BCUT2D eigenvalue weighted by Gasteiger charge is 2.37. The van der Waals surface area contributed by atoms with E-state index in [4.69, 9.17) is 37.8 Å². The van der Waals surface area contributed by atoms with Gasteiger partial charge in [-0.3, -0.25) is 0 Å². The third-order valence-electron chi connectivity index (χ3n) is 5.44. The lowest BCUT2D eigenvalue weighted by Crippen LogP contribution is -2.31. The molecule has 1 aliphatic rings. The molecular formula is C26H28Cl2N4O3S. The molecule has 1 aliphatic heterocycles. The first-order chi connectivity index (χ1) is 17.3. The molecule has 10 heteroatoms. The molecule has 0 bridgehead atoms. The number of hydrogen-bond acceptors (Lipinski definition) is 7. The number of allylic oxidation sites excluding steroid dienone is 1. The molecule has 7 nitrogen and oxygen atoms in total. The Kier molecular flexibility index (Phi) is 8.49. The highest BCUT2D eigenvalue weighted by molar-refractivity contribution is 7.99. The summed E-state index contributed by atoms with van der Waals surface area (Å²) >= 11 is 14.0. The first-order valence-electron chi connectivity index (χ1n) is 11.7. The maximum absolute atomic E-state index is 13.3. The fraction of sp³-hybridized carbons (Fsp3) is 0.346. The number of rotatable bonds is 9. The second-order valence-electron chi connectivity index (χ2n) is 8.59. The van der Waals surface area contributed by atoms with Gasteiger partial charge in [-0.05, 0) is 45.4 Å². The predicted molar refractivity (Wildman–Crippen MR) is 144 cm³/mol. The quantitative estimate of drug-likeness (QED) is 0.231. The minimum atomic E-state index is -0.590. The number of thioether (sulfide) groups is 1. The van der Waals surface area contributed by atoms with Gasteiger partial charge in [0.15, 0.2) is 0 Å². The second kappa shape index (κ2) is 11.6. The molecule has 3 aromatic rings. The molecule has 1 aromatic heterocycles. The number of carbonyl (C=O) groups excluding carboxylic acids is 1. The lowest BCUT2D eigenvalue weighted by molar-refractivity contribution is -0.143. The first kappa shape index (κ1) is 26.4. The topological polar surface area (TPSA) is 78.3 Å². The number of ether oxygens (including phenoxy) is 2. The summed E-state index contributed by atoms with van der Waals surface area (Å²) in [5.74, 6) is 1.64. The molecule has 4 rings (SSSR count). The lowest BCUT2D eigenvalue weighted by atomic mass is 9.95. The minimum absolute atomic E-state index is 0.230. The molecule has 0 spiro atoms. The van der Waals surface area contributed by atoms with Crippen LogP contribution in [0.3, 0.4) is 0 Å². The van der Waals surface area contributed by atoms with Crippen molar-refractivity contribution in [2.75, 3.05) is 11.1 Å². The Hall–Kier alpha value is -2.68. The smallest absolute Gasteiger partial charge is 0.338 e. The first-order valence-corrected chi connectivity index (χ1v) is 13.5. The summed E-state index contributed by atoms with van der Waals surface area (Å²) < 4.78 is 13.6. The molecule has 0 saturated carbocycles. The largest absolute Gasteiger partial charge is 0.488 e. The van der Waals surface area contributed by atoms with E-state index in [2.05, 4.69) is 17.2 Å². The van der Waals surface area contributed by atoms with Gasteiger partial charge in [-0.15, -0.1) is 5.10 Å². The fourth-order valence-electron chi connectivity index (χ4n) is 3.85. The molecule has 2 heterocycles. The van der Waals surface area contributed by atoms with Crippen LogP contribution in [0.25, 0.3) is 0 Å². The Bertz CT molecular complexity index is 1290. The van der Waals surface area contributed by atoms with Crippen LogP contribution in [0, 0.1) is 0 Å². The van der Waals surface area contributed by atoms with E-state index in [1.807, 2.05) is 51.1 Å². The van der Waals surface area contributed by atoms with Crippen LogP contribution in [0.5, 0.6) is 5.75 Å². The van der Waals surface area contributed by atoms with Crippen molar-refractivity contribution in [2.45, 2.75) is 58.0 Å². The van der Waals surface area contributed by atoms with Gasteiger partial charge in [-0.25, -0.2) is 9.48 Å². The van der Waals surface area contributed by atoms with Crippen molar-refractivity contribution in [2.24, 2.45) is 0 Å². The van der Waals surface area contributed by atoms with Gasteiger partial charge in [-0.2, -0.15) is 4.98 Å². The van der Waals surface area contributed by atoms with Crippen molar-refractivity contribution in [3.8, 4) is 5.75 Å². The summed E-state index contributed by atoms with van der Waals surface area (Å²) in [6.07, 6.45) is 0.725.